The van der Waals surface area contributed by atoms with Crippen LogP contribution in [0.4, 0.5) is 0 Å². The minimum atomic E-state index is -0.484. The number of carbonyl (C=O) groups is 1. The number of rotatable bonds is 0. The molecule has 21 heavy (non-hydrogen) atoms. The van der Waals surface area contributed by atoms with Crippen LogP contribution in [-0.2, 0) is 19.0 Å². The average Bonchev–Trinajstić information content (AvgIpc) is 3.03. The van der Waals surface area contributed by atoms with Gasteiger partial charge in [-0.15, -0.1) is 0 Å². The molecule has 0 aromatic carbocycles. The van der Waals surface area contributed by atoms with E-state index in [1.807, 2.05) is 6.92 Å². The van der Waals surface area contributed by atoms with E-state index in [0.29, 0.717) is 13.2 Å². The molecule has 1 spiro atoms. The maximum atomic E-state index is 12.0. The Kier molecular flexibility index (Phi) is 2.84. The lowest BCUT2D eigenvalue weighted by Gasteiger charge is -2.51. The first-order valence-electron chi connectivity index (χ1n) is 8.21. The van der Waals surface area contributed by atoms with Crippen LogP contribution in [0.25, 0.3) is 0 Å². The summed E-state index contributed by atoms with van der Waals surface area (Å²) in [7, 11) is 0. The first-order chi connectivity index (χ1) is 9.97. The Labute approximate surface area is 125 Å². The fourth-order valence-electron chi connectivity index (χ4n) is 4.96. The van der Waals surface area contributed by atoms with Gasteiger partial charge in [-0.25, -0.2) is 0 Å². The van der Waals surface area contributed by atoms with Crippen LogP contribution >= 0.6 is 0 Å². The lowest BCUT2D eigenvalue weighted by atomic mass is 9.58. The van der Waals surface area contributed by atoms with Crippen LogP contribution < -0.4 is 0 Å². The second-order valence-electron chi connectivity index (χ2n) is 7.42. The molecule has 116 valence electrons. The summed E-state index contributed by atoms with van der Waals surface area (Å²) in [4.78, 5) is 12.0. The van der Waals surface area contributed by atoms with Crippen LogP contribution in [0.3, 0.4) is 0 Å². The number of allylic oxidation sites excluding steroid dienone is 1. The Bertz CT molecular complexity index is 517. The summed E-state index contributed by atoms with van der Waals surface area (Å²) in [5.74, 6) is 0.822. The lowest BCUT2D eigenvalue weighted by Crippen LogP contribution is -2.49. The van der Waals surface area contributed by atoms with E-state index >= 15 is 0 Å². The minimum absolute atomic E-state index is 0.00691. The molecule has 4 rings (SSSR count). The van der Waals surface area contributed by atoms with Gasteiger partial charge in [0.15, 0.2) is 5.79 Å². The zero-order valence-electron chi connectivity index (χ0n) is 13.1. The van der Waals surface area contributed by atoms with Gasteiger partial charge in [-0.1, -0.05) is 20.8 Å². The fourth-order valence-corrected chi connectivity index (χ4v) is 4.96. The number of esters is 1. The minimum Gasteiger partial charge on any atom is -0.431 e. The molecule has 0 amide bonds. The van der Waals surface area contributed by atoms with Crippen LogP contribution in [0.1, 0.15) is 46.5 Å². The summed E-state index contributed by atoms with van der Waals surface area (Å²) in [6, 6.07) is 0. The molecule has 0 radical (unpaired) electrons. The highest BCUT2D eigenvalue weighted by molar-refractivity contribution is 5.77. The number of ether oxygens (including phenoxy) is 3. The predicted molar refractivity (Wildman–Crippen MR) is 76.1 cm³/mol. The molecule has 0 N–H and O–H groups in total. The molecular formula is C17H24O4. The lowest BCUT2D eigenvalue weighted by molar-refractivity contribution is -0.207. The van der Waals surface area contributed by atoms with E-state index in [1.54, 1.807) is 0 Å². The van der Waals surface area contributed by atoms with Crippen molar-refractivity contribution in [3.8, 4) is 0 Å². The molecule has 2 heterocycles. The predicted octanol–water partition coefficient (Wildman–Crippen LogP) is 3.02. The molecule has 4 nitrogen and oxygen atoms in total. The van der Waals surface area contributed by atoms with E-state index < -0.39 is 5.79 Å². The zero-order valence-corrected chi connectivity index (χ0v) is 13.1. The molecule has 0 aromatic heterocycles. The van der Waals surface area contributed by atoms with Gasteiger partial charge in [-0.2, -0.15) is 0 Å². The van der Waals surface area contributed by atoms with Crippen molar-refractivity contribution in [2.75, 3.05) is 13.2 Å². The molecule has 1 saturated carbocycles. The van der Waals surface area contributed by atoms with E-state index in [-0.39, 0.29) is 29.1 Å². The van der Waals surface area contributed by atoms with Crippen molar-refractivity contribution in [3.05, 3.63) is 11.3 Å². The Balaban J connectivity index is 1.82. The third-order valence-corrected chi connectivity index (χ3v) is 6.34. The van der Waals surface area contributed by atoms with Crippen molar-refractivity contribution >= 4 is 5.97 Å². The van der Waals surface area contributed by atoms with Crippen LogP contribution in [0.5, 0.6) is 0 Å². The van der Waals surface area contributed by atoms with E-state index in [2.05, 4.69) is 13.8 Å². The van der Waals surface area contributed by atoms with Gasteiger partial charge in [-0.3, -0.25) is 4.79 Å². The molecule has 2 aliphatic carbocycles. The Morgan fingerprint density at radius 1 is 1.10 bits per heavy atom. The van der Waals surface area contributed by atoms with Crippen molar-refractivity contribution in [2.24, 2.45) is 23.2 Å². The molecule has 1 unspecified atom stereocenters. The van der Waals surface area contributed by atoms with Crippen molar-refractivity contribution in [1.29, 1.82) is 0 Å². The van der Waals surface area contributed by atoms with Gasteiger partial charge in [0.05, 0.1) is 19.1 Å². The van der Waals surface area contributed by atoms with Crippen LogP contribution in [0.15, 0.2) is 11.3 Å². The SMILES string of the molecule is C[C@@H]1C(=O)OC2=C3[C@@H](C)C4(CC[C@]3(C)CCC21)OCCO4. The van der Waals surface area contributed by atoms with E-state index in [4.69, 9.17) is 14.2 Å². The van der Waals surface area contributed by atoms with E-state index in [1.165, 1.54) is 5.57 Å². The fraction of sp³-hybridized carbons (Fsp3) is 0.824. The number of hydrogen-bond donors (Lipinski definition) is 0. The summed E-state index contributed by atoms with van der Waals surface area (Å²) in [5.41, 5.74) is 1.43. The van der Waals surface area contributed by atoms with Gasteiger partial charge in [0.1, 0.15) is 5.76 Å². The monoisotopic (exact) mass is 292 g/mol. The number of hydrogen-bond acceptors (Lipinski definition) is 4. The van der Waals surface area contributed by atoms with Crippen LogP contribution in [0, 0.1) is 23.2 Å². The quantitative estimate of drug-likeness (QED) is 0.644. The largest absolute Gasteiger partial charge is 0.431 e. The molecule has 4 aliphatic rings. The second kappa shape index (κ2) is 4.32. The maximum absolute atomic E-state index is 12.0. The van der Waals surface area contributed by atoms with E-state index in [0.717, 1.165) is 31.4 Å². The van der Waals surface area contributed by atoms with Crippen LogP contribution in [0.2, 0.25) is 0 Å². The molecule has 4 atom stereocenters. The van der Waals surface area contributed by atoms with Crippen molar-refractivity contribution in [3.63, 3.8) is 0 Å². The summed E-state index contributed by atoms with van der Waals surface area (Å²) in [5, 5.41) is 0. The highest BCUT2D eigenvalue weighted by atomic mass is 16.7. The van der Waals surface area contributed by atoms with Gasteiger partial charge in [0.2, 0.25) is 0 Å². The van der Waals surface area contributed by atoms with E-state index in [9.17, 15) is 4.79 Å². The second-order valence-corrected chi connectivity index (χ2v) is 7.42. The molecule has 0 aromatic rings. The highest BCUT2D eigenvalue weighted by Crippen LogP contribution is 2.60. The van der Waals surface area contributed by atoms with Gasteiger partial charge >= 0.3 is 5.97 Å². The van der Waals surface area contributed by atoms with Crippen LogP contribution in [-0.4, -0.2) is 25.0 Å². The molecule has 4 heteroatoms. The summed E-state index contributed by atoms with van der Waals surface area (Å²) < 4.78 is 17.7. The standard InChI is InChI=1S/C17H24O4/c1-10-12-4-5-16(3)6-7-17(19-8-9-20-17)11(2)13(16)14(12)21-15(10)18/h10-12H,4-9H2,1-3H3/t10-,11+,12?,16-/m0/s1. The summed E-state index contributed by atoms with van der Waals surface area (Å²) in [6.45, 7) is 7.84. The van der Waals surface area contributed by atoms with Gasteiger partial charge < -0.3 is 14.2 Å². The van der Waals surface area contributed by atoms with Crippen molar-refractivity contribution < 1.29 is 19.0 Å². The maximum Gasteiger partial charge on any atom is 0.314 e. The third-order valence-electron chi connectivity index (χ3n) is 6.34. The summed E-state index contributed by atoms with van der Waals surface area (Å²) in [6.07, 6.45) is 4.19. The van der Waals surface area contributed by atoms with Crippen molar-refractivity contribution in [1.82, 2.24) is 0 Å². The summed E-state index contributed by atoms with van der Waals surface area (Å²) >= 11 is 0. The van der Waals surface area contributed by atoms with Gasteiger partial charge in [0.25, 0.3) is 0 Å². The first kappa shape index (κ1) is 13.8. The number of carbonyl (C=O) groups excluding carboxylic acids is 1. The number of fused-ring (bicyclic) bond motifs is 2. The topological polar surface area (TPSA) is 44.8 Å². The molecule has 2 aliphatic heterocycles. The smallest absolute Gasteiger partial charge is 0.314 e. The zero-order chi connectivity index (χ0) is 14.8. The average molecular weight is 292 g/mol. The Hall–Kier alpha value is -0.870. The molecular weight excluding hydrogens is 268 g/mol. The third kappa shape index (κ3) is 1.72. The van der Waals surface area contributed by atoms with Gasteiger partial charge in [0, 0.05) is 18.3 Å². The molecule has 0 bridgehead atoms. The molecule has 3 fully saturated rings. The Morgan fingerprint density at radius 2 is 1.81 bits per heavy atom. The normalized spacial score (nSPS) is 44.7. The van der Waals surface area contributed by atoms with Gasteiger partial charge in [-0.05, 0) is 30.3 Å². The van der Waals surface area contributed by atoms with Crippen molar-refractivity contribution in [2.45, 2.75) is 52.2 Å². The molecule has 2 saturated heterocycles. The highest BCUT2D eigenvalue weighted by Gasteiger charge is 2.57. The Morgan fingerprint density at radius 3 is 2.52 bits per heavy atom. The first-order valence-corrected chi connectivity index (χ1v) is 8.21.